The van der Waals surface area contributed by atoms with Crippen LogP contribution in [0.5, 0.6) is 0 Å². The Morgan fingerprint density at radius 2 is 2.00 bits per heavy atom. The minimum Gasteiger partial charge on any atom is -0.393 e. The zero-order chi connectivity index (χ0) is 10.2. The molecular weight excluding hydrogens is 160 g/mol. The zero-order valence-electron chi connectivity index (χ0n) is 9.46. The number of allylic oxidation sites excluding steroid dienone is 2. The average molecular weight is 182 g/mol. The van der Waals surface area contributed by atoms with Gasteiger partial charge in [0, 0.05) is 0 Å². The van der Waals surface area contributed by atoms with Crippen molar-refractivity contribution in [2.24, 2.45) is 17.3 Å². The third-order valence-corrected chi connectivity index (χ3v) is 3.51. The van der Waals surface area contributed by atoms with Crippen LogP contribution in [0.25, 0.3) is 0 Å². The molecule has 0 radical (unpaired) electrons. The first-order chi connectivity index (χ1) is 5.84. The second kappa shape index (κ2) is 3.45. The van der Waals surface area contributed by atoms with Gasteiger partial charge in [-0.1, -0.05) is 32.4 Å². The van der Waals surface area contributed by atoms with E-state index in [-0.39, 0.29) is 11.5 Å². The molecule has 1 rings (SSSR count). The monoisotopic (exact) mass is 182 g/mol. The van der Waals surface area contributed by atoms with Crippen LogP contribution >= 0.6 is 0 Å². The summed E-state index contributed by atoms with van der Waals surface area (Å²) in [5.41, 5.74) is 1.74. The number of hydrogen-bond donors (Lipinski definition) is 1. The number of hydrogen-bond acceptors (Lipinski definition) is 1. The van der Waals surface area contributed by atoms with E-state index in [4.69, 9.17) is 0 Å². The minimum atomic E-state index is -0.191. The lowest BCUT2D eigenvalue weighted by Crippen LogP contribution is -2.30. The number of aliphatic hydroxyl groups excluding tert-OH is 1. The molecule has 0 spiro atoms. The van der Waals surface area contributed by atoms with Gasteiger partial charge in [-0.15, -0.1) is 0 Å². The van der Waals surface area contributed by atoms with Crippen LogP contribution in [-0.2, 0) is 0 Å². The average Bonchev–Trinajstić information content (AvgIpc) is 2.22. The molecule has 0 bridgehead atoms. The van der Waals surface area contributed by atoms with Crippen molar-refractivity contribution in [1.82, 2.24) is 0 Å². The molecule has 0 amide bonds. The Morgan fingerprint density at radius 3 is 2.31 bits per heavy atom. The maximum absolute atomic E-state index is 9.58. The van der Waals surface area contributed by atoms with Crippen LogP contribution in [0.15, 0.2) is 11.6 Å². The lowest BCUT2D eigenvalue weighted by atomic mass is 9.73. The maximum Gasteiger partial charge on any atom is 0.0540 e. The van der Waals surface area contributed by atoms with Crippen molar-refractivity contribution >= 4 is 0 Å². The van der Waals surface area contributed by atoms with Gasteiger partial charge < -0.3 is 5.11 Å². The SMILES string of the molecule is CC1=CC(C)(C)C(C(C)C(C)O)C1. The Kier molecular flexibility index (Phi) is 2.86. The summed E-state index contributed by atoms with van der Waals surface area (Å²) in [6.07, 6.45) is 3.32. The van der Waals surface area contributed by atoms with Crippen molar-refractivity contribution in [3.8, 4) is 0 Å². The summed E-state index contributed by atoms with van der Waals surface area (Å²) >= 11 is 0. The molecular formula is C12H22O. The molecule has 1 aliphatic rings. The lowest BCUT2D eigenvalue weighted by Gasteiger charge is -2.33. The molecule has 0 fully saturated rings. The molecule has 3 unspecified atom stereocenters. The lowest BCUT2D eigenvalue weighted by molar-refractivity contribution is 0.0681. The molecule has 13 heavy (non-hydrogen) atoms. The molecule has 0 saturated carbocycles. The maximum atomic E-state index is 9.58. The van der Waals surface area contributed by atoms with Crippen LogP contribution < -0.4 is 0 Å². The van der Waals surface area contributed by atoms with Gasteiger partial charge in [0.2, 0.25) is 0 Å². The van der Waals surface area contributed by atoms with Crippen LogP contribution in [-0.4, -0.2) is 11.2 Å². The van der Waals surface area contributed by atoms with E-state index in [0.29, 0.717) is 11.8 Å². The fraction of sp³-hybridized carbons (Fsp3) is 0.833. The molecule has 76 valence electrons. The predicted octanol–water partition coefficient (Wildman–Crippen LogP) is 3.00. The molecule has 0 heterocycles. The molecule has 0 aromatic carbocycles. The Hall–Kier alpha value is -0.300. The van der Waals surface area contributed by atoms with Crippen molar-refractivity contribution in [1.29, 1.82) is 0 Å². The zero-order valence-corrected chi connectivity index (χ0v) is 9.46. The standard InChI is InChI=1S/C12H22O/c1-8-6-11(9(2)10(3)13)12(4,5)7-8/h7,9-11,13H,6H2,1-5H3. The highest BCUT2D eigenvalue weighted by Gasteiger charge is 2.37. The molecule has 0 saturated heterocycles. The summed E-state index contributed by atoms with van der Waals surface area (Å²) in [5.74, 6) is 0.996. The van der Waals surface area contributed by atoms with E-state index in [1.165, 1.54) is 5.57 Å². The highest BCUT2D eigenvalue weighted by atomic mass is 16.3. The predicted molar refractivity (Wildman–Crippen MR) is 56.5 cm³/mol. The Bertz CT molecular complexity index is 213. The summed E-state index contributed by atoms with van der Waals surface area (Å²) < 4.78 is 0. The first-order valence-electron chi connectivity index (χ1n) is 5.21. The van der Waals surface area contributed by atoms with Gasteiger partial charge in [0.05, 0.1) is 6.10 Å². The van der Waals surface area contributed by atoms with Crippen molar-refractivity contribution in [3.05, 3.63) is 11.6 Å². The second-order valence-corrected chi connectivity index (χ2v) is 5.22. The topological polar surface area (TPSA) is 20.2 Å². The molecule has 0 aromatic heterocycles. The normalized spacial score (nSPS) is 31.2. The fourth-order valence-electron chi connectivity index (χ4n) is 2.61. The quantitative estimate of drug-likeness (QED) is 0.651. The van der Waals surface area contributed by atoms with Gasteiger partial charge in [0.25, 0.3) is 0 Å². The largest absolute Gasteiger partial charge is 0.393 e. The number of aliphatic hydroxyl groups is 1. The molecule has 0 aromatic rings. The molecule has 1 N–H and O–H groups in total. The molecule has 3 atom stereocenters. The molecule has 1 nitrogen and oxygen atoms in total. The van der Waals surface area contributed by atoms with E-state index in [0.717, 1.165) is 6.42 Å². The minimum absolute atomic E-state index is 0.191. The van der Waals surface area contributed by atoms with E-state index in [1.807, 2.05) is 6.92 Å². The third kappa shape index (κ3) is 2.14. The Labute approximate surface area is 81.9 Å². The summed E-state index contributed by atoms with van der Waals surface area (Å²) in [4.78, 5) is 0. The van der Waals surface area contributed by atoms with E-state index >= 15 is 0 Å². The van der Waals surface area contributed by atoms with Gasteiger partial charge >= 0.3 is 0 Å². The van der Waals surface area contributed by atoms with Gasteiger partial charge in [-0.2, -0.15) is 0 Å². The van der Waals surface area contributed by atoms with E-state index < -0.39 is 0 Å². The van der Waals surface area contributed by atoms with E-state index in [2.05, 4.69) is 33.8 Å². The van der Waals surface area contributed by atoms with Crippen LogP contribution in [0.1, 0.15) is 41.0 Å². The third-order valence-electron chi connectivity index (χ3n) is 3.51. The summed E-state index contributed by atoms with van der Waals surface area (Å²) in [7, 11) is 0. The highest BCUT2D eigenvalue weighted by molar-refractivity contribution is 5.16. The van der Waals surface area contributed by atoms with E-state index in [9.17, 15) is 5.11 Å². The van der Waals surface area contributed by atoms with Crippen molar-refractivity contribution < 1.29 is 5.11 Å². The second-order valence-electron chi connectivity index (χ2n) is 5.22. The van der Waals surface area contributed by atoms with Gasteiger partial charge in [0.1, 0.15) is 0 Å². The van der Waals surface area contributed by atoms with Gasteiger partial charge in [-0.25, -0.2) is 0 Å². The fourth-order valence-corrected chi connectivity index (χ4v) is 2.61. The summed E-state index contributed by atoms with van der Waals surface area (Å²) in [6.45, 7) is 10.8. The van der Waals surface area contributed by atoms with Crippen molar-refractivity contribution in [2.75, 3.05) is 0 Å². The summed E-state index contributed by atoms with van der Waals surface area (Å²) in [5, 5.41) is 9.58. The van der Waals surface area contributed by atoms with Crippen molar-refractivity contribution in [2.45, 2.75) is 47.1 Å². The number of rotatable bonds is 2. The Balaban J connectivity index is 2.75. The molecule has 1 heteroatoms. The van der Waals surface area contributed by atoms with Crippen molar-refractivity contribution in [3.63, 3.8) is 0 Å². The molecule has 1 aliphatic carbocycles. The highest BCUT2D eigenvalue weighted by Crippen LogP contribution is 2.45. The van der Waals surface area contributed by atoms with Crippen LogP contribution in [0.4, 0.5) is 0 Å². The van der Waals surface area contributed by atoms with Crippen LogP contribution in [0.2, 0.25) is 0 Å². The first kappa shape index (κ1) is 10.8. The van der Waals surface area contributed by atoms with Gasteiger partial charge in [-0.3, -0.25) is 0 Å². The van der Waals surface area contributed by atoms with Gasteiger partial charge in [-0.05, 0) is 37.5 Å². The smallest absolute Gasteiger partial charge is 0.0540 e. The van der Waals surface area contributed by atoms with E-state index in [1.54, 1.807) is 0 Å². The summed E-state index contributed by atoms with van der Waals surface area (Å²) in [6, 6.07) is 0. The Morgan fingerprint density at radius 1 is 1.46 bits per heavy atom. The van der Waals surface area contributed by atoms with Crippen LogP contribution in [0.3, 0.4) is 0 Å². The first-order valence-corrected chi connectivity index (χ1v) is 5.21. The van der Waals surface area contributed by atoms with Crippen LogP contribution in [0, 0.1) is 17.3 Å². The molecule has 0 aliphatic heterocycles. The van der Waals surface area contributed by atoms with Gasteiger partial charge in [0.15, 0.2) is 0 Å².